The number of aliphatic hydroxyl groups is 4. The van der Waals surface area contributed by atoms with Crippen LogP contribution in [-0.2, 0) is 19.0 Å². The fourth-order valence-electron chi connectivity index (χ4n) is 5.97. The van der Waals surface area contributed by atoms with Crippen LogP contribution in [0.1, 0.15) is 73.6 Å². The maximum Gasteiger partial charge on any atom is 0.410 e. The Hall–Kier alpha value is -2.28. The van der Waals surface area contributed by atoms with E-state index in [1.807, 2.05) is 34.7 Å². The number of hydrogen-bond acceptors (Lipinski definition) is 10. The first-order valence-corrected chi connectivity index (χ1v) is 16.4. The van der Waals surface area contributed by atoms with Gasteiger partial charge in [0.25, 0.3) is 0 Å². The molecule has 2 saturated heterocycles. The topological polar surface area (TPSA) is 153 Å². The maximum atomic E-state index is 13.0. The first-order valence-electron chi connectivity index (χ1n) is 16.4. The molecule has 45 heavy (non-hydrogen) atoms. The zero-order valence-corrected chi connectivity index (χ0v) is 28.1. The summed E-state index contributed by atoms with van der Waals surface area (Å²) in [6.45, 7) is 13.3. The fraction of sp³-hybridized carbons (Fsp3) is 0.765. The van der Waals surface area contributed by atoms with E-state index in [0.717, 1.165) is 13.1 Å². The van der Waals surface area contributed by atoms with E-state index in [1.165, 1.54) is 0 Å². The Balaban J connectivity index is 1.74. The SMILES string of the molecule is CCC(O)C(C)C1OC1CC(C)(O)/C=C/C=C(\C)C1OC(=O)CC(O)CCC(C)(O)C(OC(=O)N2CCN(C)CC2)/C=C/C1C. The van der Waals surface area contributed by atoms with Crippen LogP contribution < -0.4 is 0 Å². The van der Waals surface area contributed by atoms with Crippen molar-refractivity contribution < 1.29 is 44.2 Å². The van der Waals surface area contributed by atoms with Crippen LogP contribution in [0.5, 0.6) is 0 Å². The van der Waals surface area contributed by atoms with Gasteiger partial charge in [0.1, 0.15) is 11.7 Å². The molecule has 0 saturated carbocycles. The molecular weight excluding hydrogens is 580 g/mol. The number of cyclic esters (lactones) is 1. The summed E-state index contributed by atoms with van der Waals surface area (Å²) in [5, 5.41) is 43.0. The number of epoxide rings is 1. The number of esters is 1. The zero-order chi connectivity index (χ0) is 33.5. The summed E-state index contributed by atoms with van der Waals surface area (Å²) >= 11 is 0. The van der Waals surface area contributed by atoms with Crippen molar-refractivity contribution in [2.75, 3.05) is 33.2 Å². The number of hydrogen-bond donors (Lipinski definition) is 4. The molecule has 0 aromatic carbocycles. The van der Waals surface area contributed by atoms with Crippen molar-refractivity contribution >= 4 is 12.1 Å². The predicted molar refractivity (Wildman–Crippen MR) is 170 cm³/mol. The predicted octanol–water partition coefficient (Wildman–Crippen LogP) is 2.96. The molecule has 3 rings (SSSR count). The summed E-state index contributed by atoms with van der Waals surface area (Å²) < 4.78 is 17.4. The van der Waals surface area contributed by atoms with Gasteiger partial charge in [-0.05, 0) is 58.7 Å². The molecule has 11 heteroatoms. The van der Waals surface area contributed by atoms with Crippen LogP contribution in [0.15, 0.2) is 36.0 Å². The van der Waals surface area contributed by atoms with E-state index in [9.17, 15) is 30.0 Å². The molecular formula is C34H56N2O9. The van der Waals surface area contributed by atoms with E-state index in [-0.39, 0.29) is 43.3 Å². The number of allylic oxidation sites excluding steroid dienone is 2. The average molecular weight is 637 g/mol. The van der Waals surface area contributed by atoms with Crippen molar-refractivity contribution in [1.29, 1.82) is 0 Å². The number of ether oxygens (including phenoxy) is 3. The largest absolute Gasteiger partial charge is 0.457 e. The Labute approximate surface area is 268 Å². The van der Waals surface area contributed by atoms with Crippen LogP contribution in [0.4, 0.5) is 4.79 Å². The quantitative estimate of drug-likeness (QED) is 0.129. The van der Waals surface area contributed by atoms with Crippen LogP contribution in [0.3, 0.4) is 0 Å². The Morgan fingerprint density at radius 2 is 1.93 bits per heavy atom. The Morgan fingerprint density at radius 3 is 2.58 bits per heavy atom. The number of nitrogens with zero attached hydrogens (tertiary/aromatic N) is 2. The highest BCUT2D eigenvalue weighted by atomic mass is 16.6. The molecule has 3 aliphatic rings. The van der Waals surface area contributed by atoms with E-state index in [0.29, 0.717) is 31.5 Å². The minimum atomic E-state index is -1.48. The van der Waals surface area contributed by atoms with E-state index in [2.05, 4.69) is 4.90 Å². The summed E-state index contributed by atoms with van der Waals surface area (Å²) in [6.07, 6.45) is 5.71. The average Bonchev–Trinajstić information content (AvgIpc) is 3.73. The summed E-state index contributed by atoms with van der Waals surface area (Å²) in [7, 11) is 1.99. The lowest BCUT2D eigenvalue weighted by Crippen LogP contribution is -2.50. The normalized spacial score (nSPS) is 35.8. The van der Waals surface area contributed by atoms with Crippen molar-refractivity contribution in [1.82, 2.24) is 9.80 Å². The van der Waals surface area contributed by atoms with Gasteiger partial charge in [-0.25, -0.2) is 4.79 Å². The molecule has 1 amide bonds. The minimum absolute atomic E-state index is 0.00985. The van der Waals surface area contributed by atoms with Crippen LogP contribution in [0.25, 0.3) is 0 Å². The third kappa shape index (κ3) is 11.2. The van der Waals surface area contributed by atoms with Gasteiger partial charge in [-0.3, -0.25) is 4.79 Å². The monoisotopic (exact) mass is 636 g/mol. The fourth-order valence-corrected chi connectivity index (χ4v) is 5.97. The Bertz CT molecular complexity index is 1080. The van der Waals surface area contributed by atoms with Gasteiger partial charge in [0, 0.05) is 44.4 Å². The molecule has 0 spiro atoms. The second-order valence-electron chi connectivity index (χ2n) is 13.8. The van der Waals surface area contributed by atoms with Gasteiger partial charge in [-0.1, -0.05) is 45.1 Å². The summed E-state index contributed by atoms with van der Waals surface area (Å²) in [6, 6.07) is 0. The van der Waals surface area contributed by atoms with Crippen LogP contribution >= 0.6 is 0 Å². The molecule has 10 unspecified atom stereocenters. The van der Waals surface area contributed by atoms with Gasteiger partial charge in [0.2, 0.25) is 0 Å². The Morgan fingerprint density at radius 1 is 1.27 bits per heavy atom. The lowest BCUT2D eigenvalue weighted by atomic mass is 9.88. The second-order valence-corrected chi connectivity index (χ2v) is 13.8. The molecule has 0 aromatic heterocycles. The van der Waals surface area contributed by atoms with Crippen LogP contribution in [-0.4, -0.2) is 123 Å². The number of carbonyl (C=O) groups is 2. The highest BCUT2D eigenvalue weighted by Crippen LogP contribution is 2.37. The maximum absolute atomic E-state index is 13.0. The molecule has 10 atom stereocenters. The van der Waals surface area contributed by atoms with Crippen molar-refractivity contribution in [2.24, 2.45) is 11.8 Å². The smallest absolute Gasteiger partial charge is 0.410 e. The van der Waals surface area contributed by atoms with Crippen LogP contribution in [0.2, 0.25) is 0 Å². The molecule has 11 nitrogen and oxygen atoms in total. The van der Waals surface area contributed by atoms with Gasteiger partial charge in [0.15, 0.2) is 6.10 Å². The van der Waals surface area contributed by atoms with E-state index < -0.39 is 47.7 Å². The standard InChI is InChI=1S/C34H56N2O9/c1-8-26(38)24(4)31-27(43-31)21-33(5,41)14-9-10-22(2)30-23(3)11-12-28(44-32(40)36-18-16-35(7)17-19-36)34(6,42)15-13-25(37)20-29(39)45-30/h9-12,14,23-28,30-31,37-38,41-42H,8,13,15-21H2,1-7H3/b12-11+,14-9+,22-10+. The van der Waals surface area contributed by atoms with Crippen molar-refractivity contribution in [3.05, 3.63) is 36.0 Å². The number of piperazine rings is 1. The van der Waals surface area contributed by atoms with Gasteiger partial charge in [0.05, 0.1) is 36.4 Å². The first-order chi connectivity index (χ1) is 21.0. The molecule has 2 fully saturated rings. The molecule has 0 aliphatic carbocycles. The van der Waals surface area contributed by atoms with Crippen molar-refractivity contribution in [2.45, 2.75) is 121 Å². The lowest BCUT2D eigenvalue weighted by molar-refractivity contribution is -0.151. The summed E-state index contributed by atoms with van der Waals surface area (Å²) in [5.41, 5.74) is -1.93. The highest BCUT2D eigenvalue weighted by Gasteiger charge is 2.47. The highest BCUT2D eigenvalue weighted by molar-refractivity contribution is 5.70. The molecule has 3 aliphatic heterocycles. The summed E-state index contributed by atoms with van der Waals surface area (Å²) in [4.78, 5) is 29.6. The third-order valence-electron chi connectivity index (χ3n) is 9.36. The van der Waals surface area contributed by atoms with E-state index >= 15 is 0 Å². The van der Waals surface area contributed by atoms with Crippen molar-refractivity contribution in [3.63, 3.8) is 0 Å². The molecule has 4 N–H and O–H groups in total. The number of rotatable bonds is 9. The van der Waals surface area contributed by atoms with E-state index in [1.54, 1.807) is 49.1 Å². The minimum Gasteiger partial charge on any atom is -0.457 e. The second kappa shape index (κ2) is 16.0. The van der Waals surface area contributed by atoms with Gasteiger partial charge in [-0.15, -0.1) is 0 Å². The number of amides is 1. The number of likely N-dealkylation sites (N-methyl/N-ethyl adjacent to an activating group) is 1. The molecule has 0 radical (unpaired) electrons. The first kappa shape index (κ1) is 37.2. The molecule has 0 bridgehead atoms. The molecule has 3 heterocycles. The van der Waals surface area contributed by atoms with Gasteiger partial charge < -0.3 is 44.4 Å². The van der Waals surface area contributed by atoms with Gasteiger partial charge >= 0.3 is 12.1 Å². The molecule has 0 aromatic rings. The lowest BCUT2D eigenvalue weighted by Gasteiger charge is -2.36. The van der Waals surface area contributed by atoms with Crippen LogP contribution in [0, 0.1) is 11.8 Å². The number of carbonyl (C=O) groups excluding carboxylic acids is 2. The third-order valence-corrected chi connectivity index (χ3v) is 9.36. The molecule has 256 valence electrons. The Kier molecular flexibility index (Phi) is 13.2. The van der Waals surface area contributed by atoms with Crippen molar-refractivity contribution in [3.8, 4) is 0 Å². The van der Waals surface area contributed by atoms with Gasteiger partial charge in [-0.2, -0.15) is 0 Å². The van der Waals surface area contributed by atoms with E-state index in [4.69, 9.17) is 14.2 Å². The zero-order valence-electron chi connectivity index (χ0n) is 28.1. The number of aliphatic hydroxyl groups excluding tert-OH is 2. The summed E-state index contributed by atoms with van der Waals surface area (Å²) in [5.74, 6) is -0.942.